The normalized spacial score (nSPS) is 15.1. The molecule has 78 valence electrons. The lowest BCUT2D eigenvalue weighted by molar-refractivity contribution is -0.128. The number of fused-ring (bicyclic) bond motifs is 1. The average molecular weight is 205 g/mol. The summed E-state index contributed by atoms with van der Waals surface area (Å²) in [5, 5.41) is 19.6. The Hall–Kier alpha value is -1.65. The fourth-order valence-electron chi connectivity index (χ4n) is 1.62. The summed E-state index contributed by atoms with van der Waals surface area (Å²) in [5.41, 5.74) is -0.601. The molecule has 0 bridgehead atoms. The Morgan fingerprint density at radius 2 is 2.13 bits per heavy atom. The van der Waals surface area contributed by atoms with Gasteiger partial charge in [-0.25, -0.2) is 0 Å². The number of rotatable bonds is 3. The van der Waals surface area contributed by atoms with Gasteiger partial charge in [-0.05, 0) is 6.07 Å². The maximum atomic E-state index is 10.8. The Kier molecular flexibility index (Phi) is 2.30. The van der Waals surface area contributed by atoms with E-state index in [9.17, 15) is 9.90 Å². The lowest BCUT2D eigenvalue weighted by atomic mass is 9.96. The van der Waals surface area contributed by atoms with Gasteiger partial charge >= 0.3 is 0 Å². The van der Waals surface area contributed by atoms with Gasteiger partial charge in [-0.1, -0.05) is 18.2 Å². The van der Waals surface area contributed by atoms with E-state index in [2.05, 4.69) is 4.98 Å². The number of aliphatic hydroxyl groups excluding tert-OH is 1. The minimum Gasteiger partial charge on any atom is -0.393 e. The largest absolute Gasteiger partial charge is 0.393 e. The van der Waals surface area contributed by atoms with Crippen LogP contribution in [-0.2, 0) is 10.4 Å². The van der Waals surface area contributed by atoms with Gasteiger partial charge in [0.1, 0.15) is 0 Å². The van der Waals surface area contributed by atoms with Crippen molar-refractivity contribution in [3.8, 4) is 0 Å². The van der Waals surface area contributed by atoms with Gasteiger partial charge in [-0.15, -0.1) is 0 Å². The van der Waals surface area contributed by atoms with E-state index in [1.807, 2.05) is 18.2 Å². The molecule has 2 aromatic rings. The standard InChI is InChI=1S/C11H11NO3/c13-6-11(15,7-14)9-5-12-10-4-2-1-3-8(9)10/h1-6,12,14-15H,7H2. The fraction of sp³-hybridized carbons (Fsp3) is 0.182. The van der Waals surface area contributed by atoms with Gasteiger partial charge in [0.2, 0.25) is 0 Å². The molecule has 1 aromatic carbocycles. The number of carbonyl (C=O) groups is 1. The van der Waals surface area contributed by atoms with Crippen molar-refractivity contribution in [1.82, 2.24) is 4.98 Å². The maximum absolute atomic E-state index is 10.8. The van der Waals surface area contributed by atoms with Crippen molar-refractivity contribution in [2.45, 2.75) is 5.60 Å². The molecule has 4 nitrogen and oxygen atoms in total. The van der Waals surface area contributed by atoms with Crippen LogP contribution in [0, 0.1) is 0 Å². The second-order valence-corrected chi connectivity index (χ2v) is 3.45. The zero-order valence-corrected chi connectivity index (χ0v) is 7.97. The number of H-pyrrole nitrogens is 1. The van der Waals surface area contributed by atoms with Crippen molar-refractivity contribution < 1.29 is 15.0 Å². The number of aromatic amines is 1. The fourth-order valence-corrected chi connectivity index (χ4v) is 1.62. The summed E-state index contributed by atoms with van der Waals surface area (Å²) in [6.07, 6.45) is 1.89. The monoisotopic (exact) mass is 205 g/mol. The van der Waals surface area contributed by atoms with Gasteiger partial charge in [0.15, 0.2) is 11.9 Å². The lowest BCUT2D eigenvalue weighted by Gasteiger charge is -2.17. The van der Waals surface area contributed by atoms with E-state index in [1.165, 1.54) is 6.20 Å². The molecule has 2 rings (SSSR count). The number of hydrogen-bond donors (Lipinski definition) is 3. The Morgan fingerprint density at radius 3 is 2.80 bits per heavy atom. The molecule has 3 N–H and O–H groups in total. The molecule has 0 saturated carbocycles. The highest BCUT2D eigenvalue weighted by Crippen LogP contribution is 2.26. The summed E-state index contributed by atoms with van der Waals surface area (Å²) >= 11 is 0. The summed E-state index contributed by atoms with van der Waals surface area (Å²) in [6.45, 7) is -0.627. The van der Waals surface area contributed by atoms with Crippen LogP contribution in [-0.4, -0.2) is 28.1 Å². The summed E-state index contributed by atoms with van der Waals surface area (Å²) < 4.78 is 0. The van der Waals surface area contributed by atoms with Gasteiger partial charge in [0, 0.05) is 22.7 Å². The molecule has 0 aliphatic carbocycles. The van der Waals surface area contributed by atoms with Gasteiger partial charge < -0.3 is 15.2 Å². The number of aromatic nitrogens is 1. The van der Waals surface area contributed by atoms with Crippen LogP contribution in [0.1, 0.15) is 5.56 Å². The molecule has 4 heteroatoms. The molecule has 0 amide bonds. The number of carbonyl (C=O) groups excluding carboxylic acids is 1. The third-order valence-corrected chi connectivity index (χ3v) is 2.49. The van der Waals surface area contributed by atoms with Gasteiger partial charge in [0.05, 0.1) is 6.61 Å². The molecule has 1 unspecified atom stereocenters. The Bertz CT molecular complexity index is 491. The number of nitrogens with one attached hydrogen (secondary N) is 1. The average Bonchev–Trinajstić information content (AvgIpc) is 2.72. The predicted molar refractivity (Wildman–Crippen MR) is 55.3 cm³/mol. The topological polar surface area (TPSA) is 73.3 Å². The Morgan fingerprint density at radius 1 is 1.40 bits per heavy atom. The zero-order valence-electron chi connectivity index (χ0n) is 7.97. The first kappa shape index (κ1) is 9.89. The van der Waals surface area contributed by atoms with E-state index in [1.54, 1.807) is 6.07 Å². The van der Waals surface area contributed by atoms with Crippen LogP contribution in [0.15, 0.2) is 30.5 Å². The molecule has 0 aliphatic rings. The number of aliphatic hydroxyl groups is 2. The highest BCUT2D eigenvalue weighted by Gasteiger charge is 2.30. The summed E-state index contributed by atoms with van der Waals surface area (Å²) in [6, 6.07) is 7.27. The Labute approximate surface area is 86.2 Å². The molecule has 0 spiro atoms. The summed E-state index contributed by atoms with van der Waals surface area (Å²) in [7, 11) is 0. The van der Waals surface area contributed by atoms with E-state index in [-0.39, 0.29) is 0 Å². The van der Waals surface area contributed by atoms with Gasteiger partial charge in [-0.2, -0.15) is 0 Å². The smallest absolute Gasteiger partial charge is 0.169 e. The molecule has 0 radical (unpaired) electrons. The first-order chi connectivity index (χ1) is 7.21. The van der Waals surface area contributed by atoms with Crippen molar-refractivity contribution in [3.05, 3.63) is 36.0 Å². The van der Waals surface area contributed by atoms with Crippen LogP contribution in [0.2, 0.25) is 0 Å². The first-order valence-corrected chi connectivity index (χ1v) is 4.57. The second-order valence-electron chi connectivity index (χ2n) is 3.45. The van der Waals surface area contributed by atoms with E-state index in [0.717, 1.165) is 10.9 Å². The highest BCUT2D eigenvalue weighted by molar-refractivity contribution is 5.87. The van der Waals surface area contributed by atoms with Crippen molar-refractivity contribution in [3.63, 3.8) is 0 Å². The molecule has 15 heavy (non-hydrogen) atoms. The van der Waals surface area contributed by atoms with E-state index >= 15 is 0 Å². The SMILES string of the molecule is O=CC(O)(CO)c1c[nH]c2ccccc12. The molecule has 1 aromatic heterocycles. The van der Waals surface area contributed by atoms with E-state index < -0.39 is 12.2 Å². The maximum Gasteiger partial charge on any atom is 0.169 e. The molecule has 1 atom stereocenters. The second kappa shape index (κ2) is 3.49. The number of benzene rings is 1. The van der Waals surface area contributed by atoms with Crippen LogP contribution >= 0.6 is 0 Å². The van der Waals surface area contributed by atoms with Crippen LogP contribution < -0.4 is 0 Å². The lowest BCUT2D eigenvalue weighted by Crippen LogP contribution is -2.31. The third kappa shape index (κ3) is 1.44. The van der Waals surface area contributed by atoms with Crippen LogP contribution in [0.5, 0.6) is 0 Å². The summed E-state index contributed by atoms with van der Waals surface area (Å²) in [4.78, 5) is 13.7. The van der Waals surface area contributed by atoms with E-state index in [4.69, 9.17) is 5.11 Å². The molecule has 0 saturated heterocycles. The number of hydrogen-bond acceptors (Lipinski definition) is 3. The van der Waals surface area contributed by atoms with Crippen LogP contribution in [0.3, 0.4) is 0 Å². The molecule has 0 aliphatic heterocycles. The third-order valence-electron chi connectivity index (χ3n) is 2.49. The first-order valence-electron chi connectivity index (χ1n) is 4.57. The number of aldehydes is 1. The minimum absolute atomic E-state index is 0.350. The molecule has 1 heterocycles. The minimum atomic E-state index is -1.82. The van der Waals surface area contributed by atoms with Crippen molar-refractivity contribution in [2.24, 2.45) is 0 Å². The van der Waals surface area contributed by atoms with Gasteiger partial charge in [-0.3, -0.25) is 4.79 Å². The van der Waals surface area contributed by atoms with Crippen LogP contribution in [0.25, 0.3) is 10.9 Å². The molecular formula is C11H11NO3. The summed E-state index contributed by atoms with van der Waals surface area (Å²) in [5.74, 6) is 0. The molecule has 0 fully saturated rings. The number of para-hydroxylation sites is 1. The van der Waals surface area contributed by atoms with Crippen molar-refractivity contribution in [2.75, 3.05) is 6.61 Å². The van der Waals surface area contributed by atoms with Crippen molar-refractivity contribution >= 4 is 17.2 Å². The zero-order chi connectivity index (χ0) is 10.9. The van der Waals surface area contributed by atoms with Gasteiger partial charge in [0.25, 0.3) is 0 Å². The van der Waals surface area contributed by atoms with Crippen molar-refractivity contribution in [1.29, 1.82) is 0 Å². The quantitative estimate of drug-likeness (QED) is 0.640. The van der Waals surface area contributed by atoms with E-state index in [0.29, 0.717) is 11.8 Å². The predicted octanol–water partition coefficient (Wildman–Crippen LogP) is 0.547. The molecular weight excluding hydrogens is 194 g/mol. The van der Waals surface area contributed by atoms with Crippen LogP contribution in [0.4, 0.5) is 0 Å². The highest BCUT2D eigenvalue weighted by atomic mass is 16.3. The Balaban J connectivity index is 2.66.